The molecule has 0 saturated carbocycles. The molecular weight excluding hydrogens is 352 g/mol. The van der Waals surface area contributed by atoms with Gasteiger partial charge in [-0.25, -0.2) is 4.79 Å². The van der Waals surface area contributed by atoms with Crippen molar-refractivity contribution in [2.75, 3.05) is 13.1 Å². The fourth-order valence-corrected chi connectivity index (χ4v) is 3.29. The van der Waals surface area contributed by atoms with Gasteiger partial charge in [-0.2, -0.15) is 4.98 Å². The van der Waals surface area contributed by atoms with Gasteiger partial charge in [0.05, 0.1) is 11.6 Å². The van der Waals surface area contributed by atoms with Crippen LogP contribution in [0.25, 0.3) is 11.1 Å². The van der Waals surface area contributed by atoms with Crippen molar-refractivity contribution in [1.82, 2.24) is 19.6 Å². The maximum Gasteiger partial charge on any atom is 0.420 e. The van der Waals surface area contributed by atoms with Crippen molar-refractivity contribution in [3.05, 3.63) is 46.5 Å². The van der Waals surface area contributed by atoms with Gasteiger partial charge in [-0.05, 0) is 31.9 Å². The van der Waals surface area contributed by atoms with Gasteiger partial charge in [-0.1, -0.05) is 17.3 Å². The van der Waals surface area contributed by atoms with Crippen LogP contribution in [-0.2, 0) is 22.7 Å². The largest absolute Gasteiger partial charge is 0.420 e. The average Bonchev–Trinajstić information content (AvgIpc) is 3.23. The van der Waals surface area contributed by atoms with Crippen LogP contribution in [0.1, 0.15) is 24.6 Å². The first-order valence-electron chi connectivity index (χ1n) is 8.87. The minimum absolute atomic E-state index is 0.0502. The molecule has 0 aliphatic carbocycles. The minimum Gasteiger partial charge on any atom is -0.408 e. The molecular formula is C18H20N4O5. The van der Waals surface area contributed by atoms with Crippen molar-refractivity contribution in [1.29, 1.82) is 0 Å². The molecule has 1 aromatic carbocycles. The molecule has 4 rings (SSSR count). The van der Waals surface area contributed by atoms with Crippen LogP contribution in [0.3, 0.4) is 0 Å². The lowest BCUT2D eigenvalue weighted by atomic mass is 10.1. The molecule has 0 spiro atoms. The highest BCUT2D eigenvalue weighted by atomic mass is 16.5. The number of amides is 1. The van der Waals surface area contributed by atoms with Crippen molar-refractivity contribution >= 4 is 17.0 Å². The van der Waals surface area contributed by atoms with E-state index < -0.39 is 5.76 Å². The number of aromatic nitrogens is 3. The van der Waals surface area contributed by atoms with Gasteiger partial charge in [-0.3, -0.25) is 9.36 Å². The minimum atomic E-state index is -0.527. The van der Waals surface area contributed by atoms with Crippen molar-refractivity contribution < 1.29 is 18.5 Å². The van der Waals surface area contributed by atoms with Crippen LogP contribution in [0.4, 0.5) is 0 Å². The Bertz CT molecular complexity index is 1000. The third kappa shape index (κ3) is 3.77. The van der Waals surface area contributed by atoms with E-state index in [1.165, 1.54) is 4.57 Å². The maximum absolute atomic E-state index is 12.7. The van der Waals surface area contributed by atoms with Crippen LogP contribution in [0.2, 0.25) is 0 Å². The molecule has 27 heavy (non-hydrogen) atoms. The lowest BCUT2D eigenvalue weighted by Crippen LogP contribution is -2.45. The van der Waals surface area contributed by atoms with Gasteiger partial charge < -0.3 is 18.6 Å². The number of fused-ring (bicyclic) bond motifs is 1. The first kappa shape index (κ1) is 17.5. The van der Waals surface area contributed by atoms with E-state index in [2.05, 4.69) is 10.1 Å². The van der Waals surface area contributed by atoms with Crippen LogP contribution in [0, 0.1) is 6.92 Å². The van der Waals surface area contributed by atoms with Crippen LogP contribution in [0.5, 0.6) is 0 Å². The number of para-hydroxylation sites is 2. The van der Waals surface area contributed by atoms with Crippen LogP contribution >= 0.6 is 0 Å². The number of likely N-dealkylation sites (tertiary alicyclic amines) is 1. The summed E-state index contributed by atoms with van der Waals surface area (Å²) in [6, 6.07) is 7.07. The molecule has 1 aliphatic heterocycles. The quantitative estimate of drug-likeness (QED) is 0.668. The van der Waals surface area contributed by atoms with Gasteiger partial charge in [-0.15, -0.1) is 0 Å². The molecule has 1 amide bonds. The number of hydrogen-bond donors (Lipinski definition) is 0. The molecule has 1 saturated heterocycles. The third-order valence-corrected chi connectivity index (χ3v) is 4.61. The number of benzene rings is 1. The first-order chi connectivity index (χ1) is 13.1. The standard InChI is InChI=1S/C18H20N4O5/c1-12-19-16(27-20-12)11-25-13-5-4-8-21(9-13)17(23)10-22-14-6-2-3-7-15(14)26-18(22)24/h2-3,6-7,13H,4-5,8-11H2,1H3. The number of carbonyl (C=O) groups is 1. The smallest absolute Gasteiger partial charge is 0.408 e. The summed E-state index contributed by atoms with van der Waals surface area (Å²) in [5, 5.41) is 3.73. The molecule has 0 bridgehead atoms. The molecule has 1 aliphatic rings. The van der Waals surface area contributed by atoms with Crippen molar-refractivity contribution in [2.24, 2.45) is 0 Å². The Labute approximate surface area is 154 Å². The third-order valence-electron chi connectivity index (χ3n) is 4.61. The van der Waals surface area contributed by atoms with Crippen LogP contribution in [0.15, 0.2) is 38.0 Å². The molecule has 142 valence electrons. The zero-order valence-electron chi connectivity index (χ0n) is 15.0. The molecule has 3 aromatic rings. The Morgan fingerprint density at radius 3 is 3.04 bits per heavy atom. The topological polar surface area (TPSA) is 104 Å². The average molecular weight is 372 g/mol. The zero-order chi connectivity index (χ0) is 18.8. The number of rotatable bonds is 5. The summed E-state index contributed by atoms with van der Waals surface area (Å²) in [5.74, 6) is 0.325. The Kier molecular flexibility index (Phi) is 4.76. The van der Waals surface area contributed by atoms with Gasteiger partial charge in [0.2, 0.25) is 5.91 Å². The Morgan fingerprint density at radius 2 is 2.22 bits per heavy atom. The van der Waals surface area contributed by atoms with Crippen molar-refractivity contribution in [3.8, 4) is 0 Å². The second-order valence-electron chi connectivity index (χ2n) is 6.57. The van der Waals surface area contributed by atoms with Crippen molar-refractivity contribution in [3.63, 3.8) is 0 Å². The molecule has 0 radical (unpaired) electrons. The fourth-order valence-electron chi connectivity index (χ4n) is 3.29. The molecule has 2 aromatic heterocycles. The molecule has 1 fully saturated rings. The molecule has 9 nitrogen and oxygen atoms in total. The van der Waals surface area contributed by atoms with E-state index in [9.17, 15) is 9.59 Å². The highest BCUT2D eigenvalue weighted by Gasteiger charge is 2.25. The number of hydrogen-bond acceptors (Lipinski definition) is 7. The second kappa shape index (κ2) is 7.36. The lowest BCUT2D eigenvalue weighted by molar-refractivity contribution is -0.136. The van der Waals surface area contributed by atoms with E-state index in [0.29, 0.717) is 35.9 Å². The maximum atomic E-state index is 12.7. The zero-order valence-corrected chi connectivity index (χ0v) is 15.0. The Balaban J connectivity index is 1.39. The number of oxazole rings is 1. The summed E-state index contributed by atoms with van der Waals surface area (Å²) in [5.41, 5.74) is 1.09. The van der Waals surface area contributed by atoms with Gasteiger partial charge in [0.15, 0.2) is 11.4 Å². The monoisotopic (exact) mass is 372 g/mol. The summed E-state index contributed by atoms with van der Waals surface area (Å²) in [6.45, 7) is 3.03. The summed E-state index contributed by atoms with van der Waals surface area (Å²) < 4.78 is 17.4. The summed E-state index contributed by atoms with van der Waals surface area (Å²) in [7, 11) is 0. The number of aryl methyl sites for hydroxylation is 1. The number of carbonyl (C=O) groups excluding carboxylic acids is 1. The summed E-state index contributed by atoms with van der Waals surface area (Å²) in [6.07, 6.45) is 1.58. The van der Waals surface area contributed by atoms with Gasteiger partial charge in [0.25, 0.3) is 5.89 Å². The van der Waals surface area contributed by atoms with E-state index >= 15 is 0 Å². The highest BCUT2D eigenvalue weighted by molar-refractivity contribution is 5.79. The predicted octanol–water partition coefficient (Wildman–Crippen LogP) is 1.49. The fraction of sp³-hybridized carbons (Fsp3) is 0.444. The SMILES string of the molecule is Cc1noc(COC2CCCN(C(=O)Cn3c(=O)oc4ccccc43)C2)n1. The van der Waals surface area contributed by atoms with Crippen LogP contribution < -0.4 is 5.76 Å². The van der Waals surface area contributed by atoms with E-state index in [0.717, 1.165) is 12.8 Å². The predicted molar refractivity (Wildman–Crippen MR) is 93.9 cm³/mol. The van der Waals surface area contributed by atoms with Gasteiger partial charge >= 0.3 is 5.76 Å². The molecule has 3 heterocycles. The molecule has 0 N–H and O–H groups in total. The lowest BCUT2D eigenvalue weighted by Gasteiger charge is -2.32. The number of piperidine rings is 1. The normalized spacial score (nSPS) is 17.5. The van der Waals surface area contributed by atoms with Gasteiger partial charge in [0, 0.05) is 13.1 Å². The number of nitrogens with zero attached hydrogens (tertiary/aromatic N) is 4. The van der Waals surface area contributed by atoms with Crippen LogP contribution in [-0.4, -0.2) is 44.7 Å². The van der Waals surface area contributed by atoms with E-state index in [-0.39, 0.29) is 25.2 Å². The van der Waals surface area contributed by atoms with Crippen molar-refractivity contribution in [2.45, 2.75) is 39.0 Å². The Hall–Kier alpha value is -2.94. The highest BCUT2D eigenvalue weighted by Crippen LogP contribution is 2.17. The second-order valence-corrected chi connectivity index (χ2v) is 6.57. The molecule has 1 unspecified atom stereocenters. The number of ether oxygens (including phenoxy) is 1. The summed E-state index contributed by atoms with van der Waals surface area (Å²) in [4.78, 5) is 30.6. The molecule has 9 heteroatoms. The van der Waals surface area contributed by atoms with Gasteiger partial charge in [0.1, 0.15) is 13.2 Å². The van der Waals surface area contributed by atoms with E-state index in [1.807, 2.05) is 6.07 Å². The molecule has 1 atom stereocenters. The Morgan fingerprint density at radius 1 is 1.37 bits per heavy atom. The van der Waals surface area contributed by atoms with E-state index in [1.54, 1.807) is 30.0 Å². The first-order valence-corrected chi connectivity index (χ1v) is 8.87. The van der Waals surface area contributed by atoms with E-state index in [4.69, 9.17) is 13.7 Å². The summed E-state index contributed by atoms with van der Waals surface area (Å²) >= 11 is 0.